The average molecular weight is 272 g/mol. The normalized spacial score (nSPS) is 17.0. The van der Waals surface area contributed by atoms with E-state index >= 15 is 0 Å². The van der Waals surface area contributed by atoms with Crippen LogP contribution in [0.3, 0.4) is 0 Å². The summed E-state index contributed by atoms with van der Waals surface area (Å²) in [7, 11) is 6.20. The first kappa shape index (κ1) is 13.2. The van der Waals surface area contributed by atoms with E-state index in [4.69, 9.17) is 0 Å². The predicted molar refractivity (Wildman–Crippen MR) is 80.9 cm³/mol. The van der Waals surface area contributed by atoms with Gasteiger partial charge in [0.2, 0.25) is 0 Å². The van der Waals surface area contributed by atoms with Crippen molar-refractivity contribution < 1.29 is 9.28 Å². The van der Waals surface area contributed by atoms with Crippen LogP contribution in [0.1, 0.15) is 16.8 Å². The van der Waals surface area contributed by atoms with Gasteiger partial charge in [0, 0.05) is 30.1 Å². The van der Waals surface area contributed by atoms with Gasteiger partial charge in [-0.3, -0.25) is 4.57 Å². The number of carbonyl (C=O) groups excluding carboxylic acids is 1. The molecule has 0 radical (unpaired) electrons. The maximum atomic E-state index is 12.3. The number of fused-ring (bicyclic) bond motifs is 3. The second-order valence-corrected chi connectivity index (χ2v) is 6.40. The molecule has 1 aliphatic rings. The Bertz CT molecular complexity index is 697. The van der Waals surface area contributed by atoms with Crippen LogP contribution in [0.4, 0.5) is 4.79 Å². The molecular formula is C16H22N3O+. The third-order valence-corrected chi connectivity index (χ3v) is 4.29. The second kappa shape index (κ2) is 4.35. The van der Waals surface area contributed by atoms with Gasteiger partial charge >= 0.3 is 6.03 Å². The Morgan fingerprint density at radius 1 is 1.35 bits per heavy atom. The Hall–Kier alpha value is -1.81. The van der Waals surface area contributed by atoms with Crippen molar-refractivity contribution in [2.45, 2.75) is 19.9 Å². The minimum Gasteiger partial charge on any atom is -0.340 e. The monoisotopic (exact) mass is 272 g/mol. The highest BCUT2D eigenvalue weighted by atomic mass is 16.2. The van der Waals surface area contributed by atoms with E-state index in [9.17, 15) is 4.79 Å². The Kier molecular flexibility index (Phi) is 2.87. The lowest BCUT2D eigenvalue weighted by Gasteiger charge is -2.34. The van der Waals surface area contributed by atoms with E-state index in [0.717, 1.165) is 29.5 Å². The van der Waals surface area contributed by atoms with Crippen molar-refractivity contribution in [3.8, 4) is 0 Å². The summed E-state index contributed by atoms with van der Waals surface area (Å²) >= 11 is 0. The molecule has 1 aromatic heterocycles. The highest BCUT2D eigenvalue weighted by Crippen LogP contribution is 2.32. The van der Waals surface area contributed by atoms with Gasteiger partial charge in [-0.05, 0) is 19.1 Å². The van der Waals surface area contributed by atoms with Crippen molar-refractivity contribution >= 4 is 16.9 Å². The first-order chi connectivity index (χ1) is 9.43. The molecule has 0 atom stereocenters. The van der Waals surface area contributed by atoms with E-state index in [1.165, 1.54) is 22.2 Å². The van der Waals surface area contributed by atoms with E-state index < -0.39 is 0 Å². The second-order valence-electron chi connectivity index (χ2n) is 6.40. The van der Waals surface area contributed by atoms with Gasteiger partial charge in [-0.25, -0.2) is 4.79 Å². The van der Waals surface area contributed by atoms with Crippen LogP contribution in [0, 0.1) is 6.92 Å². The van der Waals surface area contributed by atoms with Crippen LogP contribution in [0.5, 0.6) is 0 Å². The lowest BCUT2D eigenvalue weighted by atomic mass is 10.0. The van der Waals surface area contributed by atoms with Crippen LogP contribution >= 0.6 is 0 Å². The summed E-state index contributed by atoms with van der Waals surface area (Å²) in [5.74, 6) is 0. The Morgan fingerprint density at radius 2 is 2.10 bits per heavy atom. The molecule has 0 saturated heterocycles. The fraction of sp³-hybridized carbons (Fsp3) is 0.438. The lowest BCUT2D eigenvalue weighted by Crippen LogP contribution is -2.44. The third-order valence-electron chi connectivity index (χ3n) is 4.29. The molecule has 3 rings (SSSR count). The van der Waals surface area contributed by atoms with Crippen molar-refractivity contribution in [1.82, 2.24) is 9.88 Å². The number of nitrogens with zero attached hydrogens (tertiary/aromatic N) is 2. The fourth-order valence-electron chi connectivity index (χ4n) is 3.22. The summed E-state index contributed by atoms with van der Waals surface area (Å²) in [6, 6.07) is 6.32. The van der Waals surface area contributed by atoms with Gasteiger partial charge in [0.05, 0.1) is 26.2 Å². The van der Waals surface area contributed by atoms with Crippen LogP contribution in [0.15, 0.2) is 18.2 Å². The first-order valence-electron chi connectivity index (χ1n) is 7.10. The first-order valence-corrected chi connectivity index (χ1v) is 7.10. The Morgan fingerprint density at radius 3 is 2.80 bits per heavy atom. The molecule has 0 aliphatic carbocycles. The number of aromatic nitrogens is 1. The number of rotatable bonds is 0. The molecule has 1 N–H and O–H groups in total. The molecule has 1 aromatic carbocycles. The molecular weight excluding hydrogens is 250 g/mol. The van der Waals surface area contributed by atoms with Gasteiger partial charge in [-0.1, -0.05) is 11.6 Å². The number of hydrogen-bond donors (Lipinski definition) is 1. The molecule has 0 fully saturated rings. The van der Waals surface area contributed by atoms with E-state index in [-0.39, 0.29) is 6.03 Å². The van der Waals surface area contributed by atoms with Crippen molar-refractivity contribution in [3.63, 3.8) is 0 Å². The minimum absolute atomic E-state index is 0.0349. The lowest BCUT2D eigenvalue weighted by molar-refractivity contribution is -0.905. The fourth-order valence-corrected chi connectivity index (χ4v) is 3.22. The van der Waals surface area contributed by atoms with Crippen molar-refractivity contribution in [3.05, 3.63) is 35.0 Å². The summed E-state index contributed by atoms with van der Waals surface area (Å²) in [5, 5.41) is 3.99. The van der Waals surface area contributed by atoms with Gasteiger partial charge in [-0.2, -0.15) is 0 Å². The quantitative estimate of drug-likeness (QED) is 0.733. The van der Waals surface area contributed by atoms with Crippen molar-refractivity contribution in [2.75, 3.05) is 27.7 Å². The Balaban J connectivity index is 2.32. The summed E-state index contributed by atoms with van der Waals surface area (Å²) in [4.78, 5) is 12.3. The van der Waals surface area contributed by atoms with Crippen LogP contribution < -0.4 is 5.32 Å². The van der Waals surface area contributed by atoms with Crippen LogP contribution in [0.25, 0.3) is 10.9 Å². The largest absolute Gasteiger partial charge is 0.340 e. The zero-order valence-corrected chi connectivity index (χ0v) is 12.7. The van der Waals surface area contributed by atoms with Gasteiger partial charge < -0.3 is 9.80 Å². The highest BCUT2D eigenvalue weighted by molar-refractivity contribution is 5.95. The number of aryl methyl sites for hydroxylation is 1. The third kappa shape index (κ3) is 1.91. The summed E-state index contributed by atoms with van der Waals surface area (Å²) in [6.07, 6.45) is 0.948. The molecule has 0 saturated carbocycles. The van der Waals surface area contributed by atoms with Crippen LogP contribution in [-0.2, 0) is 13.0 Å². The number of likely N-dealkylation sites (N-methyl/N-ethyl adjacent to an activating group) is 1. The maximum Gasteiger partial charge on any atom is 0.326 e. The molecule has 106 valence electrons. The molecule has 20 heavy (non-hydrogen) atoms. The van der Waals surface area contributed by atoms with E-state index in [2.05, 4.69) is 44.5 Å². The summed E-state index contributed by atoms with van der Waals surface area (Å²) in [6.45, 7) is 4.16. The topological polar surface area (TPSA) is 34.0 Å². The van der Waals surface area contributed by atoms with Gasteiger partial charge in [0.1, 0.15) is 6.54 Å². The van der Waals surface area contributed by atoms with Gasteiger partial charge in [0.15, 0.2) is 0 Å². The van der Waals surface area contributed by atoms with E-state index in [0.29, 0.717) is 0 Å². The number of hydrogen-bond acceptors (Lipinski definition) is 1. The van der Waals surface area contributed by atoms with Crippen LogP contribution in [0.2, 0.25) is 0 Å². The molecule has 2 heterocycles. The SMILES string of the molecule is CNC(=O)n1c2c(c3cc(C)ccc31)C[N+](C)(C)CC2. The molecule has 4 heteroatoms. The molecule has 0 unspecified atom stereocenters. The summed E-state index contributed by atoms with van der Waals surface area (Å²) < 4.78 is 2.84. The number of amides is 1. The molecule has 0 bridgehead atoms. The van der Waals surface area contributed by atoms with Crippen molar-refractivity contribution in [2.24, 2.45) is 0 Å². The summed E-state index contributed by atoms with van der Waals surface area (Å²) in [5.41, 5.74) is 4.79. The number of nitrogens with one attached hydrogen (secondary N) is 1. The highest BCUT2D eigenvalue weighted by Gasteiger charge is 2.31. The zero-order chi connectivity index (χ0) is 14.5. The molecule has 0 spiro atoms. The van der Waals surface area contributed by atoms with E-state index in [1.54, 1.807) is 7.05 Å². The van der Waals surface area contributed by atoms with Gasteiger partial charge in [0.25, 0.3) is 0 Å². The van der Waals surface area contributed by atoms with Crippen molar-refractivity contribution in [1.29, 1.82) is 0 Å². The number of carbonyl (C=O) groups is 1. The number of benzene rings is 1. The van der Waals surface area contributed by atoms with Gasteiger partial charge in [-0.15, -0.1) is 0 Å². The molecule has 1 aliphatic heterocycles. The standard InChI is InChI=1S/C16H21N3O/c1-11-5-6-14-12(9-11)13-10-19(3,4)8-7-15(13)18(14)16(20)17-2/h5-6,9H,7-8,10H2,1-4H3/p+1. The Labute approximate surface area is 119 Å². The molecule has 4 nitrogen and oxygen atoms in total. The average Bonchev–Trinajstić information content (AvgIpc) is 2.70. The maximum absolute atomic E-state index is 12.3. The number of quaternary nitrogens is 1. The van der Waals surface area contributed by atoms with Crippen LogP contribution in [-0.4, -0.2) is 42.8 Å². The predicted octanol–water partition coefficient (Wildman–Crippen LogP) is 2.27. The molecule has 1 amide bonds. The smallest absolute Gasteiger partial charge is 0.326 e. The minimum atomic E-state index is -0.0349. The zero-order valence-electron chi connectivity index (χ0n) is 12.7. The molecule has 2 aromatic rings. The van der Waals surface area contributed by atoms with E-state index in [1.807, 2.05) is 4.57 Å².